The Morgan fingerprint density at radius 2 is 2.40 bits per heavy atom. The molecule has 80 valence electrons. The molecule has 4 nitrogen and oxygen atoms in total. The number of aliphatic carboxylic acids is 1. The molecule has 0 bridgehead atoms. The summed E-state index contributed by atoms with van der Waals surface area (Å²) in [5.74, 6) is -0.117. The standard InChI is InChI=1S/C11H13NO3/c1-12-5-6-15-11-8(7-10(13)14)3-2-4-9(11)12/h2-4H,5-7H2,1H3,(H,13,14). The fraction of sp³-hybridized carbons (Fsp3) is 0.364. The smallest absolute Gasteiger partial charge is 0.307 e. The van der Waals surface area contributed by atoms with E-state index in [0.29, 0.717) is 12.4 Å². The fourth-order valence-corrected chi connectivity index (χ4v) is 1.75. The molecular formula is C11H13NO3. The van der Waals surface area contributed by atoms with Crippen LogP contribution in [0.2, 0.25) is 0 Å². The largest absolute Gasteiger partial charge is 0.489 e. The normalized spacial score (nSPS) is 14.3. The summed E-state index contributed by atoms with van der Waals surface area (Å²) in [6.07, 6.45) is 0.0109. The van der Waals surface area contributed by atoms with Gasteiger partial charge in [-0.2, -0.15) is 0 Å². The van der Waals surface area contributed by atoms with Crippen molar-refractivity contribution in [1.82, 2.24) is 0 Å². The number of rotatable bonds is 2. The summed E-state index contributed by atoms with van der Waals surface area (Å²) in [4.78, 5) is 12.7. The Bertz CT molecular complexity index is 389. The Hall–Kier alpha value is -1.71. The Kier molecular flexibility index (Phi) is 2.49. The second kappa shape index (κ2) is 3.81. The highest BCUT2D eigenvalue weighted by Crippen LogP contribution is 2.34. The number of ether oxygens (including phenoxy) is 1. The van der Waals surface area contributed by atoms with Crippen LogP contribution in [-0.2, 0) is 11.2 Å². The number of likely N-dealkylation sites (N-methyl/N-ethyl adjacent to an activating group) is 1. The Balaban J connectivity index is 2.40. The molecule has 0 aromatic heterocycles. The van der Waals surface area contributed by atoms with E-state index in [9.17, 15) is 4.79 Å². The molecule has 0 spiro atoms. The third-order valence-corrected chi connectivity index (χ3v) is 2.50. The molecule has 1 aromatic rings. The van der Waals surface area contributed by atoms with Crippen LogP contribution >= 0.6 is 0 Å². The van der Waals surface area contributed by atoms with Crippen LogP contribution in [0, 0.1) is 0 Å². The average Bonchev–Trinajstić information content (AvgIpc) is 2.19. The van der Waals surface area contributed by atoms with Crippen LogP contribution < -0.4 is 9.64 Å². The van der Waals surface area contributed by atoms with E-state index in [1.54, 1.807) is 6.07 Å². The Labute approximate surface area is 88.1 Å². The van der Waals surface area contributed by atoms with E-state index in [2.05, 4.69) is 4.90 Å². The van der Waals surface area contributed by atoms with Crippen molar-refractivity contribution in [2.75, 3.05) is 25.1 Å². The Morgan fingerprint density at radius 1 is 1.60 bits per heavy atom. The van der Waals surface area contributed by atoms with E-state index in [-0.39, 0.29) is 6.42 Å². The maximum Gasteiger partial charge on any atom is 0.307 e. The summed E-state index contributed by atoms with van der Waals surface area (Å²) in [6, 6.07) is 5.61. The topological polar surface area (TPSA) is 49.8 Å². The molecule has 1 aromatic carbocycles. The summed E-state index contributed by atoms with van der Waals surface area (Å²) in [6.45, 7) is 1.45. The molecule has 1 aliphatic heterocycles. The molecule has 0 radical (unpaired) electrons. The van der Waals surface area contributed by atoms with Gasteiger partial charge in [-0.25, -0.2) is 0 Å². The molecule has 0 saturated carbocycles. The molecule has 1 N–H and O–H groups in total. The summed E-state index contributed by atoms with van der Waals surface area (Å²) in [7, 11) is 1.98. The number of para-hydroxylation sites is 1. The fourth-order valence-electron chi connectivity index (χ4n) is 1.75. The van der Waals surface area contributed by atoms with Crippen LogP contribution in [0.1, 0.15) is 5.56 Å². The van der Waals surface area contributed by atoms with Crippen LogP contribution in [0.4, 0.5) is 5.69 Å². The van der Waals surface area contributed by atoms with E-state index in [1.807, 2.05) is 19.2 Å². The summed E-state index contributed by atoms with van der Waals surface area (Å²) >= 11 is 0. The number of anilines is 1. The molecule has 0 aliphatic carbocycles. The van der Waals surface area contributed by atoms with E-state index in [0.717, 1.165) is 17.8 Å². The number of benzene rings is 1. The minimum atomic E-state index is -0.833. The number of carboxylic acids is 1. The summed E-state index contributed by atoms with van der Waals surface area (Å²) in [5.41, 5.74) is 1.71. The van der Waals surface area contributed by atoms with E-state index < -0.39 is 5.97 Å². The van der Waals surface area contributed by atoms with Crippen molar-refractivity contribution in [1.29, 1.82) is 0 Å². The number of nitrogens with zero attached hydrogens (tertiary/aromatic N) is 1. The van der Waals surface area contributed by atoms with Gasteiger partial charge in [-0.05, 0) is 6.07 Å². The van der Waals surface area contributed by atoms with Gasteiger partial charge in [0.15, 0.2) is 0 Å². The summed E-state index contributed by atoms with van der Waals surface area (Å²) < 4.78 is 5.52. The maximum atomic E-state index is 10.7. The van der Waals surface area contributed by atoms with Gasteiger partial charge in [-0.3, -0.25) is 4.79 Å². The monoisotopic (exact) mass is 207 g/mol. The first-order chi connectivity index (χ1) is 7.18. The first kappa shape index (κ1) is 9.83. The van der Waals surface area contributed by atoms with E-state index in [4.69, 9.17) is 9.84 Å². The van der Waals surface area contributed by atoms with Crippen LogP contribution in [0.25, 0.3) is 0 Å². The van der Waals surface area contributed by atoms with Crippen molar-refractivity contribution in [3.63, 3.8) is 0 Å². The van der Waals surface area contributed by atoms with Gasteiger partial charge < -0.3 is 14.7 Å². The second-order valence-corrected chi connectivity index (χ2v) is 3.61. The summed E-state index contributed by atoms with van der Waals surface area (Å²) in [5, 5.41) is 8.77. The highest BCUT2D eigenvalue weighted by Gasteiger charge is 2.18. The van der Waals surface area contributed by atoms with E-state index >= 15 is 0 Å². The van der Waals surface area contributed by atoms with Crippen molar-refractivity contribution < 1.29 is 14.6 Å². The molecule has 0 unspecified atom stereocenters. The lowest BCUT2D eigenvalue weighted by molar-refractivity contribution is -0.136. The van der Waals surface area contributed by atoms with Crippen LogP contribution in [0.15, 0.2) is 18.2 Å². The van der Waals surface area contributed by atoms with Gasteiger partial charge in [0.05, 0.1) is 18.7 Å². The predicted octanol–water partition coefficient (Wildman–Crippen LogP) is 1.14. The quantitative estimate of drug-likeness (QED) is 0.790. The predicted molar refractivity (Wildman–Crippen MR) is 56.5 cm³/mol. The molecule has 15 heavy (non-hydrogen) atoms. The zero-order chi connectivity index (χ0) is 10.8. The van der Waals surface area contributed by atoms with Gasteiger partial charge >= 0.3 is 5.97 Å². The molecule has 0 amide bonds. The van der Waals surface area contributed by atoms with Gasteiger partial charge in [0, 0.05) is 12.6 Å². The lowest BCUT2D eigenvalue weighted by atomic mass is 10.1. The number of fused-ring (bicyclic) bond motifs is 1. The first-order valence-corrected chi connectivity index (χ1v) is 4.86. The number of carbonyl (C=O) groups is 1. The van der Waals surface area contributed by atoms with Crippen LogP contribution in [-0.4, -0.2) is 31.3 Å². The Morgan fingerprint density at radius 3 is 3.13 bits per heavy atom. The van der Waals surface area contributed by atoms with Gasteiger partial charge in [0.2, 0.25) is 0 Å². The molecule has 4 heteroatoms. The highest BCUT2D eigenvalue weighted by atomic mass is 16.5. The zero-order valence-corrected chi connectivity index (χ0v) is 8.56. The molecule has 0 saturated heterocycles. The van der Waals surface area contributed by atoms with Gasteiger partial charge in [-0.15, -0.1) is 0 Å². The maximum absolute atomic E-state index is 10.7. The second-order valence-electron chi connectivity index (χ2n) is 3.61. The van der Waals surface area contributed by atoms with Crippen molar-refractivity contribution >= 4 is 11.7 Å². The number of hydrogen-bond donors (Lipinski definition) is 1. The van der Waals surface area contributed by atoms with Crippen molar-refractivity contribution in [3.8, 4) is 5.75 Å². The molecule has 1 heterocycles. The third kappa shape index (κ3) is 1.88. The third-order valence-electron chi connectivity index (χ3n) is 2.50. The number of hydrogen-bond acceptors (Lipinski definition) is 3. The minimum absolute atomic E-state index is 0.0109. The molecule has 0 atom stereocenters. The molecule has 0 fully saturated rings. The van der Waals surface area contributed by atoms with Crippen LogP contribution in [0.3, 0.4) is 0 Å². The van der Waals surface area contributed by atoms with E-state index in [1.165, 1.54) is 0 Å². The first-order valence-electron chi connectivity index (χ1n) is 4.86. The van der Waals surface area contributed by atoms with Crippen molar-refractivity contribution in [3.05, 3.63) is 23.8 Å². The van der Waals surface area contributed by atoms with Crippen LogP contribution in [0.5, 0.6) is 5.75 Å². The van der Waals surface area contributed by atoms with Gasteiger partial charge in [-0.1, -0.05) is 12.1 Å². The SMILES string of the molecule is CN1CCOc2c(CC(=O)O)cccc21. The highest BCUT2D eigenvalue weighted by molar-refractivity contribution is 5.74. The number of carboxylic acid groups (broad SMARTS) is 1. The molecule has 1 aliphatic rings. The zero-order valence-electron chi connectivity index (χ0n) is 8.56. The molecular weight excluding hydrogens is 194 g/mol. The average molecular weight is 207 g/mol. The minimum Gasteiger partial charge on any atom is -0.489 e. The van der Waals surface area contributed by atoms with Crippen molar-refractivity contribution in [2.24, 2.45) is 0 Å². The lowest BCUT2D eigenvalue weighted by Crippen LogP contribution is -2.29. The van der Waals surface area contributed by atoms with Gasteiger partial charge in [0.25, 0.3) is 0 Å². The van der Waals surface area contributed by atoms with Crippen molar-refractivity contribution in [2.45, 2.75) is 6.42 Å². The lowest BCUT2D eigenvalue weighted by Gasteiger charge is -2.28. The molecule has 2 rings (SSSR count). The van der Waals surface area contributed by atoms with Gasteiger partial charge in [0.1, 0.15) is 12.4 Å².